The van der Waals surface area contributed by atoms with Gasteiger partial charge < -0.3 is 15.0 Å². The van der Waals surface area contributed by atoms with Crippen molar-refractivity contribution in [1.29, 1.82) is 0 Å². The number of benzene rings is 4. The summed E-state index contributed by atoms with van der Waals surface area (Å²) in [7, 11) is -4.36. The van der Waals surface area contributed by atoms with E-state index >= 15 is 0 Å². The van der Waals surface area contributed by atoms with Crippen molar-refractivity contribution in [2.75, 3.05) is 17.5 Å². The van der Waals surface area contributed by atoms with E-state index in [2.05, 4.69) is 5.32 Å². The molecule has 1 atom stereocenters. The standard InChI is InChI=1S/C36H39ClFN3O5S/c1-5-46-30-19-21-31(22-20-30)47(44,45)41(29-17-15-28(38)16-18-29)25-34(42)40(24-27-13-9-10-14-32(27)37)33(35(43)39-36(2,3)4)23-26-11-7-6-8-12-26/h6-22,33H,5,23-25H2,1-4H3,(H,39,43)/t33-/m1/s1. The minimum atomic E-state index is -4.36. The monoisotopic (exact) mass is 679 g/mol. The number of carbonyl (C=O) groups excluding carboxylic acids is 2. The van der Waals surface area contributed by atoms with Gasteiger partial charge in [0.25, 0.3) is 10.0 Å². The second kappa shape index (κ2) is 15.5. The van der Waals surface area contributed by atoms with Crippen molar-refractivity contribution in [2.24, 2.45) is 0 Å². The molecule has 4 aromatic rings. The second-order valence-corrected chi connectivity index (χ2v) is 14.2. The van der Waals surface area contributed by atoms with Crippen LogP contribution in [0.15, 0.2) is 108 Å². The molecular weight excluding hydrogens is 641 g/mol. The molecule has 47 heavy (non-hydrogen) atoms. The molecule has 248 valence electrons. The van der Waals surface area contributed by atoms with E-state index in [1.54, 1.807) is 24.3 Å². The van der Waals surface area contributed by atoms with Gasteiger partial charge >= 0.3 is 0 Å². The maximum absolute atomic E-state index is 14.5. The van der Waals surface area contributed by atoms with Gasteiger partial charge in [0.15, 0.2) is 0 Å². The van der Waals surface area contributed by atoms with Gasteiger partial charge in [-0.15, -0.1) is 0 Å². The Kier molecular flexibility index (Phi) is 11.7. The molecule has 0 saturated carbocycles. The Balaban J connectivity index is 1.81. The van der Waals surface area contributed by atoms with E-state index in [-0.39, 0.29) is 23.5 Å². The van der Waals surface area contributed by atoms with Crippen LogP contribution in [0.4, 0.5) is 10.1 Å². The number of halogens is 2. The Bertz CT molecular complexity index is 1760. The first-order chi connectivity index (χ1) is 22.3. The number of nitrogens with zero attached hydrogens (tertiary/aromatic N) is 2. The van der Waals surface area contributed by atoms with Crippen molar-refractivity contribution in [1.82, 2.24) is 10.2 Å². The third-order valence-corrected chi connectivity index (χ3v) is 9.34. The summed E-state index contributed by atoms with van der Waals surface area (Å²) in [6.45, 7) is 6.97. The predicted molar refractivity (Wildman–Crippen MR) is 182 cm³/mol. The van der Waals surface area contributed by atoms with E-state index in [1.807, 2.05) is 58.0 Å². The second-order valence-electron chi connectivity index (χ2n) is 12.0. The molecule has 0 aromatic heterocycles. The van der Waals surface area contributed by atoms with Gasteiger partial charge in [-0.2, -0.15) is 0 Å². The average molecular weight is 680 g/mol. The summed E-state index contributed by atoms with van der Waals surface area (Å²) >= 11 is 6.54. The van der Waals surface area contributed by atoms with Gasteiger partial charge in [-0.25, -0.2) is 12.8 Å². The van der Waals surface area contributed by atoms with E-state index in [4.69, 9.17) is 16.3 Å². The van der Waals surface area contributed by atoms with Crippen LogP contribution in [0, 0.1) is 5.82 Å². The molecule has 0 radical (unpaired) electrons. The van der Waals surface area contributed by atoms with Crippen LogP contribution in [0.3, 0.4) is 0 Å². The molecule has 0 heterocycles. The normalized spacial score (nSPS) is 12.2. The maximum Gasteiger partial charge on any atom is 0.264 e. The Morgan fingerprint density at radius 3 is 2.11 bits per heavy atom. The number of rotatable bonds is 13. The van der Waals surface area contributed by atoms with Gasteiger partial charge in [-0.1, -0.05) is 60.1 Å². The average Bonchev–Trinajstić information content (AvgIpc) is 3.03. The van der Waals surface area contributed by atoms with E-state index in [9.17, 15) is 22.4 Å². The van der Waals surface area contributed by atoms with Gasteiger partial charge in [0.05, 0.1) is 17.2 Å². The maximum atomic E-state index is 14.5. The quantitative estimate of drug-likeness (QED) is 0.171. The molecule has 0 unspecified atom stereocenters. The van der Waals surface area contributed by atoms with E-state index < -0.39 is 45.8 Å². The van der Waals surface area contributed by atoms with Crippen LogP contribution in [-0.4, -0.2) is 49.9 Å². The van der Waals surface area contributed by atoms with Crippen molar-refractivity contribution in [3.8, 4) is 5.75 Å². The van der Waals surface area contributed by atoms with Gasteiger partial charge in [0.2, 0.25) is 11.8 Å². The number of sulfonamides is 1. The minimum absolute atomic E-state index is 0.0741. The van der Waals surface area contributed by atoms with Gasteiger partial charge in [-0.3, -0.25) is 13.9 Å². The fourth-order valence-corrected chi connectivity index (χ4v) is 6.56. The number of anilines is 1. The fraction of sp³-hybridized carbons (Fsp3) is 0.278. The van der Waals surface area contributed by atoms with Gasteiger partial charge in [0.1, 0.15) is 24.2 Å². The van der Waals surface area contributed by atoms with Crippen LogP contribution >= 0.6 is 11.6 Å². The highest BCUT2D eigenvalue weighted by molar-refractivity contribution is 7.92. The molecule has 0 spiro atoms. The third-order valence-electron chi connectivity index (χ3n) is 7.18. The van der Waals surface area contributed by atoms with Gasteiger partial charge in [0, 0.05) is 23.5 Å². The zero-order valence-electron chi connectivity index (χ0n) is 26.8. The van der Waals surface area contributed by atoms with E-state index in [0.717, 1.165) is 22.0 Å². The summed E-state index contributed by atoms with van der Waals surface area (Å²) in [6.07, 6.45) is 0.154. The highest BCUT2D eigenvalue weighted by atomic mass is 35.5. The molecule has 8 nitrogen and oxygen atoms in total. The molecule has 11 heteroatoms. The summed E-state index contributed by atoms with van der Waals surface area (Å²) in [5.41, 5.74) is 0.829. The van der Waals surface area contributed by atoms with Crippen molar-refractivity contribution >= 4 is 39.1 Å². The largest absolute Gasteiger partial charge is 0.494 e. The molecule has 0 aliphatic carbocycles. The molecule has 0 bridgehead atoms. The molecule has 4 aromatic carbocycles. The molecule has 2 amide bonds. The number of amides is 2. The number of ether oxygens (including phenoxy) is 1. The minimum Gasteiger partial charge on any atom is -0.494 e. The molecule has 1 N–H and O–H groups in total. The lowest BCUT2D eigenvalue weighted by molar-refractivity contribution is -0.140. The summed E-state index contributed by atoms with van der Waals surface area (Å²) in [6, 6.07) is 25.8. The zero-order chi connectivity index (χ0) is 34.2. The lowest BCUT2D eigenvalue weighted by Crippen LogP contribution is -2.56. The molecule has 0 aliphatic heterocycles. The van der Waals surface area contributed by atoms with Crippen molar-refractivity contribution in [2.45, 2.75) is 57.1 Å². The smallest absolute Gasteiger partial charge is 0.264 e. The van der Waals surface area contributed by atoms with Crippen molar-refractivity contribution in [3.63, 3.8) is 0 Å². The van der Waals surface area contributed by atoms with E-state index in [0.29, 0.717) is 22.9 Å². The molecule has 0 fully saturated rings. The summed E-state index contributed by atoms with van der Waals surface area (Å²) in [5.74, 6) is -1.16. The van der Waals surface area contributed by atoms with Crippen LogP contribution in [0.1, 0.15) is 38.8 Å². The summed E-state index contributed by atoms with van der Waals surface area (Å²) in [4.78, 5) is 29.8. The predicted octanol–water partition coefficient (Wildman–Crippen LogP) is 6.63. The highest BCUT2D eigenvalue weighted by Crippen LogP contribution is 2.27. The fourth-order valence-electron chi connectivity index (χ4n) is 4.95. The number of hydrogen-bond donors (Lipinski definition) is 1. The first kappa shape index (κ1) is 35.4. The SMILES string of the molecule is CCOc1ccc(S(=O)(=O)N(CC(=O)N(Cc2ccccc2Cl)[C@H](Cc2ccccc2)C(=O)NC(C)(C)C)c2ccc(F)cc2)cc1. The number of nitrogens with one attached hydrogen (secondary N) is 1. The summed E-state index contributed by atoms with van der Waals surface area (Å²) in [5, 5.41) is 3.37. The molecule has 0 aliphatic rings. The Hall–Kier alpha value is -4.41. The van der Waals surface area contributed by atoms with Crippen LogP contribution in [0.2, 0.25) is 5.02 Å². The van der Waals surface area contributed by atoms with Crippen LogP contribution in [-0.2, 0) is 32.6 Å². The number of hydrogen-bond acceptors (Lipinski definition) is 5. The van der Waals surface area contributed by atoms with Crippen LogP contribution < -0.4 is 14.4 Å². The summed E-state index contributed by atoms with van der Waals surface area (Å²) < 4.78 is 48.7. The van der Waals surface area contributed by atoms with E-state index in [1.165, 1.54) is 41.3 Å². The van der Waals surface area contributed by atoms with Gasteiger partial charge in [-0.05, 0) is 93.4 Å². The lowest BCUT2D eigenvalue weighted by Gasteiger charge is -2.35. The Labute approximate surface area is 281 Å². The first-order valence-corrected chi connectivity index (χ1v) is 17.0. The molecular formula is C36H39ClFN3O5S. The Morgan fingerprint density at radius 1 is 0.894 bits per heavy atom. The lowest BCUT2D eigenvalue weighted by atomic mass is 10.0. The third kappa shape index (κ3) is 9.56. The molecule has 4 rings (SSSR count). The topological polar surface area (TPSA) is 96.0 Å². The Morgan fingerprint density at radius 2 is 1.51 bits per heavy atom. The first-order valence-electron chi connectivity index (χ1n) is 15.2. The highest BCUT2D eigenvalue weighted by Gasteiger charge is 2.36. The molecule has 0 saturated heterocycles. The van der Waals surface area contributed by atoms with Crippen molar-refractivity contribution < 1.29 is 27.1 Å². The van der Waals surface area contributed by atoms with Crippen LogP contribution in [0.25, 0.3) is 0 Å². The van der Waals surface area contributed by atoms with Crippen molar-refractivity contribution in [3.05, 3.63) is 125 Å². The zero-order valence-corrected chi connectivity index (χ0v) is 28.4. The van der Waals surface area contributed by atoms with Crippen LogP contribution in [0.5, 0.6) is 5.75 Å². The number of carbonyl (C=O) groups is 2.